The Morgan fingerprint density at radius 2 is 1.83 bits per heavy atom. The van der Waals surface area contributed by atoms with Gasteiger partial charge in [0.25, 0.3) is 0 Å². The van der Waals surface area contributed by atoms with E-state index in [1.54, 1.807) is 31.4 Å². The number of hydrogen-bond donors (Lipinski definition) is 2. The molecular weight excluding hydrogens is 368 g/mol. The van der Waals surface area contributed by atoms with Gasteiger partial charge in [0.05, 0.1) is 13.0 Å². The minimum atomic E-state index is -0.783. The summed E-state index contributed by atoms with van der Waals surface area (Å²) in [6, 6.07) is 16.8. The van der Waals surface area contributed by atoms with Crippen molar-refractivity contribution in [2.24, 2.45) is 5.92 Å². The monoisotopic (exact) mass is 390 g/mol. The molecule has 29 heavy (non-hydrogen) atoms. The number of ketones is 1. The molecule has 6 nitrogen and oxygen atoms in total. The Hall–Kier alpha value is -3.41. The van der Waals surface area contributed by atoms with E-state index in [1.807, 2.05) is 30.3 Å². The lowest BCUT2D eigenvalue weighted by atomic mass is 9.75. The van der Waals surface area contributed by atoms with Crippen LogP contribution < -0.4 is 15.4 Å². The Kier molecular flexibility index (Phi) is 5.16. The molecule has 0 radical (unpaired) electrons. The number of carbonyl (C=O) groups is 3. The molecule has 2 aromatic rings. The first-order valence-electron chi connectivity index (χ1n) is 9.61. The molecule has 6 heteroatoms. The van der Waals surface area contributed by atoms with E-state index in [2.05, 4.69) is 10.6 Å². The molecule has 1 aliphatic heterocycles. The van der Waals surface area contributed by atoms with Gasteiger partial charge in [0.1, 0.15) is 5.75 Å². The normalized spacial score (nSPS) is 21.3. The second-order valence-electron chi connectivity index (χ2n) is 7.36. The molecule has 2 atom stereocenters. The zero-order valence-electron chi connectivity index (χ0n) is 16.1. The summed E-state index contributed by atoms with van der Waals surface area (Å²) in [6.07, 6.45) is 0.845. The van der Waals surface area contributed by atoms with Gasteiger partial charge in [0.15, 0.2) is 5.78 Å². The lowest BCUT2D eigenvalue weighted by Crippen LogP contribution is -2.43. The number of benzene rings is 2. The van der Waals surface area contributed by atoms with Gasteiger partial charge in [-0.15, -0.1) is 0 Å². The van der Waals surface area contributed by atoms with E-state index in [1.165, 1.54) is 0 Å². The van der Waals surface area contributed by atoms with E-state index in [0.717, 1.165) is 5.56 Å². The summed E-state index contributed by atoms with van der Waals surface area (Å²) in [6.45, 7) is 0. The van der Waals surface area contributed by atoms with Crippen molar-refractivity contribution in [2.45, 2.75) is 25.2 Å². The minimum absolute atomic E-state index is 0.00273. The van der Waals surface area contributed by atoms with Crippen molar-refractivity contribution in [1.29, 1.82) is 0 Å². The fraction of sp³-hybridized carbons (Fsp3) is 0.261. The third kappa shape index (κ3) is 3.92. The second-order valence-corrected chi connectivity index (χ2v) is 7.36. The van der Waals surface area contributed by atoms with Gasteiger partial charge in [-0.1, -0.05) is 36.4 Å². The lowest BCUT2D eigenvalue weighted by Gasteiger charge is -2.33. The first-order valence-corrected chi connectivity index (χ1v) is 9.61. The van der Waals surface area contributed by atoms with Crippen molar-refractivity contribution in [3.05, 3.63) is 71.4 Å². The Morgan fingerprint density at radius 1 is 1.03 bits per heavy atom. The van der Waals surface area contributed by atoms with Gasteiger partial charge >= 0.3 is 0 Å². The maximum absolute atomic E-state index is 13.0. The van der Waals surface area contributed by atoms with Crippen LogP contribution in [-0.2, 0) is 14.4 Å². The maximum Gasteiger partial charge on any atom is 0.232 e. The molecule has 2 aliphatic rings. The van der Waals surface area contributed by atoms with Crippen LogP contribution in [0.15, 0.2) is 65.9 Å². The van der Waals surface area contributed by atoms with Crippen LogP contribution in [0.3, 0.4) is 0 Å². The van der Waals surface area contributed by atoms with Crippen LogP contribution in [0.5, 0.6) is 5.75 Å². The number of nitrogens with one attached hydrogen (secondary N) is 2. The van der Waals surface area contributed by atoms with Crippen LogP contribution in [0.2, 0.25) is 0 Å². The Bertz CT molecular complexity index is 997. The van der Waals surface area contributed by atoms with Crippen molar-refractivity contribution in [2.75, 3.05) is 12.4 Å². The van der Waals surface area contributed by atoms with E-state index in [4.69, 9.17) is 4.74 Å². The van der Waals surface area contributed by atoms with Gasteiger partial charge in [-0.3, -0.25) is 14.4 Å². The van der Waals surface area contributed by atoms with Crippen LogP contribution in [0.4, 0.5) is 5.69 Å². The average molecular weight is 390 g/mol. The van der Waals surface area contributed by atoms with E-state index >= 15 is 0 Å². The highest BCUT2D eigenvalue weighted by Gasteiger charge is 2.40. The number of ether oxygens (including phenoxy) is 1. The molecule has 0 saturated carbocycles. The van der Waals surface area contributed by atoms with Crippen LogP contribution in [0, 0.1) is 5.92 Å². The van der Waals surface area contributed by atoms with Gasteiger partial charge in [-0.2, -0.15) is 0 Å². The zero-order chi connectivity index (χ0) is 20.4. The Morgan fingerprint density at radius 3 is 2.59 bits per heavy atom. The number of carbonyl (C=O) groups excluding carboxylic acids is 3. The van der Waals surface area contributed by atoms with Crippen molar-refractivity contribution < 1.29 is 19.1 Å². The summed E-state index contributed by atoms with van der Waals surface area (Å²) < 4.78 is 5.18. The predicted molar refractivity (Wildman–Crippen MR) is 108 cm³/mol. The van der Waals surface area contributed by atoms with E-state index in [0.29, 0.717) is 35.5 Å². The topological polar surface area (TPSA) is 84.5 Å². The number of rotatable bonds is 4. The fourth-order valence-electron chi connectivity index (χ4n) is 4.08. The third-order valence-corrected chi connectivity index (χ3v) is 5.46. The largest absolute Gasteiger partial charge is 0.497 e. The lowest BCUT2D eigenvalue weighted by molar-refractivity contribution is -0.129. The molecule has 0 aromatic heterocycles. The molecule has 0 bridgehead atoms. The molecule has 0 unspecified atom stereocenters. The number of methoxy groups -OCH3 is 1. The predicted octanol–water partition coefficient (Wildman–Crippen LogP) is 3.17. The van der Waals surface area contributed by atoms with Gasteiger partial charge in [-0.25, -0.2) is 0 Å². The molecule has 0 fully saturated rings. The third-order valence-electron chi connectivity index (χ3n) is 5.46. The van der Waals surface area contributed by atoms with E-state index in [-0.39, 0.29) is 29.9 Å². The number of allylic oxidation sites excluding steroid dienone is 1. The minimum Gasteiger partial charge on any atom is -0.497 e. The summed E-state index contributed by atoms with van der Waals surface area (Å²) in [5.74, 6) is -0.838. The second kappa shape index (κ2) is 7.91. The summed E-state index contributed by atoms with van der Waals surface area (Å²) in [4.78, 5) is 38.2. The van der Waals surface area contributed by atoms with Crippen LogP contribution in [0.1, 0.15) is 30.7 Å². The Balaban J connectivity index is 1.60. The molecule has 1 aliphatic carbocycles. The summed E-state index contributed by atoms with van der Waals surface area (Å²) in [5.41, 5.74) is 2.65. The molecule has 2 aromatic carbocycles. The van der Waals surface area contributed by atoms with Gasteiger partial charge in [0.2, 0.25) is 11.8 Å². The maximum atomic E-state index is 13.0. The quantitative estimate of drug-likeness (QED) is 0.840. The fourth-order valence-corrected chi connectivity index (χ4v) is 4.08. The highest BCUT2D eigenvalue weighted by Crippen LogP contribution is 2.39. The van der Waals surface area contributed by atoms with Crippen LogP contribution in [0.25, 0.3) is 0 Å². The van der Waals surface area contributed by atoms with Crippen molar-refractivity contribution in [3.8, 4) is 5.75 Å². The standard InChI is InChI=1S/C23H22N2O4/c1-29-17-9-5-8-16(12-17)24-23(28)18-13-21(27)25-19-10-15(11-20(26)22(18)19)14-6-3-2-4-7-14/h2-9,12,15,18H,10-11,13H2,1H3,(H,24,28)(H,25,27)/t15-,18+/m0/s1. The zero-order valence-corrected chi connectivity index (χ0v) is 16.1. The molecule has 2 N–H and O–H groups in total. The Labute approximate surface area is 168 Å². The summed E-state index contributed by atoms with van der Waals surface area (Å²) >= 11 is 0. The molecule has 2 amide bonds. The highest BCUT2D eigenvalue weighted by atomic mass is 16.5. The van der Waals surface area contributed by atoms with Crippen molar-refractivity contribution in [3.63, 3.8) is 0 Å². The summed E-state index contributed by atoms with van der Waals surface area (Å²) in [7, 11) is 1.55. The number of hydrogen-bond acceptors (Lipinski definition) is 4. The van der Waals surface area contributed by atoms with E-state index in [9.17, 15) is 14.4 Å². The molecule has 0 saturated heterocycles. The number of amides is 2. The number of anilines is 1. The number of Topliss-reactive ketones (excluding diaryl/α,β-unsaturated/α-hetero) is 1. The first kappa shape index (κ1) is 18.9. The molecule has 1 heterocycles. The molecule has 0 spiro atoms. The smallest absolute Gasteiger partial charge is 0.232 e. The highest BCUT2D eigenvalue weighted by molar-refractivity contribution is 6.09. The van der Waals surface area contributed by atoms with E-state index < -0.39 is 5.92 Å². The average Bonchev–Trinajstić information content (AvgIpc) is 2.73. The van der Waals surface area contributed by atoms with Crippen molar-refractivity contribution in [1.82, 2.24) is 5.32 Å². The molecule has 148 valence electrons. The summed E-state index contributed by atoms with van der Waals surface area (Å²) in [5, 5.41) is 5.65. The van der Waals surface area contributed by atoms with Gasteiger partial charge < -0.3 is 15.4 Å². The van der Waals surface area contributed by atoms with Crippen molar-refractivity contribution >= 4 is 23.3 Å². The molecular formula is C23H22N2O4. The van der Waals surface area contributed by atoms with Gasteiger partial charge in [-0.05, 0) is 30.0 Å². The van der Waals surface area contributed by atoms with Gasteiger partial charge in [0, 0.05) is 35.9 Å². The van der Waals surface area contributed by atoms with Crippen LogP contribution in [-0.4, -0.2) is 24.7 Å². The van der Waals surface area contributed by atoms with Crippen LogP contribution >= 0.6 is 0 Å². The molecule has 4 rings (SSSR count). The first-order chi connectivity index (χ1) is 14.0. The SMILES string of the molecule is COc1cccc(NC(=O)[C@@H]2CC(=O)NC3=C2C(=O)C[C@@H](c2ccccc2)C3)c1.